The first-order valence-electron chi connectivity index (χ1n) is 9.54. The second kappa shape index (κ2) is 7.19. The number of hydrogen-bond acceptors (Lipinski definition) is 3. The molecule has 1 aromatic carbocycles. The summed E-state index contributed by atoms with van der Waals surface area (Å²) < 4.78 is 15.9. The number of carbonyl (C=O) groups excluding carboxylic acids is 2. The zero-order valence-electron chi connectivity index (χ0n) is 15.9. The number of hydrogen-bond donors (Lipinski definition) is 0. The fourth-order valence-corrected chi connectivity index (χ4v) is 4.24. The summed E-state index contributed by atoms with van der Waals surface area (Å²) in [4.78, 5) is 30.9. The molecule has 144 valence electrons. The number of piperidine rings is 1. The van der Waals surface area contributed by atoms with E-state index in [1.165, 1.54) is 12.1 Å². The van der Waals surface area contributed by atoms with Crippen LogP contribution in [0.1, 0.15) is 53.8 Å². The molecule has 0 N–H and O–H groups in total. The molecule has 2 atom stereocenters. The lowest BCUT2D eigenvalue weighted by atomic mass is 9.96. The molecular weight excluding hydrogens is 357 g/mol. The average Bonchev–Trinajstić information content (AvgIpc) is 3.06. The van der Waals surface area contributed by atoms with Gasteiger partial charge in [-0.3, -0.25) is 14.6 Å². The van der Waals surface area contributed by atoms with Crippen LogP contribution in [0.15, 0.2) is 42.9 Å². The highest BCUT2D eigenvalue weighted by Crippen LogP contribution is 2.30. The van der Waals surface area contributed by atoms with Crippen LogP contribution in [0.5, 0.6) is 0 Å². The molecular formula is C22H22FN3O2. The van der Waals surface area contributed by atoms with Gasteiger partial charge in [-0.05, 0) is 57.4 Å². The van der Waals surface area contributed by atoms with E-state index in [9.17, 15) is 14.0 Å². The maximum absolute atomic E-state index is 14.1. The summed E-state index contributed by atoms with van der Waals surface area (Å²) in [6, 6.07) is 6.16. The molecule has 5 nitrogen and oxygen atoms in total. The van der Waals surface area contributed by atoms with E-state index in [2.05, 4.69) is 4.98 Å². The van der Waals surface area contributed by atoms with Gasteiger partial charge in [0.25, 0.3) is 5.91 Å². The average molecular weight is 379 g/mol. The van der Waals surface area contributed by atoms with Crippen LogP contribution < -0.4 is 0 Å². The molecule has 1 aliphatic heterocycles. The Morgan fingerprint density at radius 1 is 1.21 bits per heavy atom. The zero-order valence-corrected chi connectivity index (χ0v) is 15.9. The summed E-state index contributed by atoms with van der Waals surface area (Å²) in [6.07, 6.45) is 8.67. The molecule has 6 heteroatoms. The van der Waals surface area contributed by atoms with E-state index in [4.69, 9.17) is 0 Å². The predicted octanol–water partition coefficient (Wildman–Crippen LogP) is 4.38. The van der Waals surface area contributed by atoms with Crippen molar-refractivity contribution >= 4 is 23.1 Å². The molecule has 3 heterocycles. The molecule has 0 radical (unpaired) electrons. The molecule has 1 saturated heterocycles. The number of carbonyl (C=O) groups is 2. The second-order valence-electron chi connectivity index (χ2n) is 7.47. The van der Waals surface area contributed by atoms with Crippen molar-refractivity contribution in [3.63, 3.8) is 0 Å². The minimum atomic E-state index is -0.463. The Bertz CT molecular complexity index is 1050. The van der Waals surface area contributed by atoms with Crippen molar-refractivity contribution in [2.75, 3.05) is 0 Å². The summed E-state index contributed by atoms with van der Waals surface area (Å²) in [5, 5.41) is 0.743. The van der Waals surface area contributed by atoms with E-state index >= 15 is 0 Å². The lowest BCUT2D eigenvalue weighted by Gasteiger charge is -2.39. The quantitative estimate of drug-likeness (QED) is 0.635. The summed E-state index contributed by atoms with van der Waals surface area (Å²) in [5.74, 6) is -0.651. The standard InChI is InChI=1S/C22H22FN3O2/c1-14-4-3-5-15(2)26(14)22(28)19-10-17(23)6-7-20(19)25-12-16(13-27)18-8-9-24-11-21(18)25/h6-15H,3-5H2,1-2H3/t14-,15+. The first-order chi connectivity index (χ1) is 13.5. The highest BCUT2D eigenvalue weighted by atomic mass is 19.1. The molecule has 1 aliphatic rings. The maximum atomic E-state index is 14.1. The number of fused-ring (bicyclic) bond motifs is 1. The van der Waals surface area contributed by atoms with E-state index in [0.29, 0.717) is 22.3 Å². The van der Waals surface area contributed by atoms with Crippen molar-refractivity contribution in [3.8, 4) is 5.69 Å². The van der Waals surface area contributed by atoms with Crippen LogP contribution in [0.3, 0.4) is 0 Å². The van der Waals surface area contributed by atoms with Crippen molar-refractivity contribution in [2.45, 2.75) is 45.2 Å². The van der Waals surface area contributed by atoms with E-state index < -0.39 is 5.82 Å². The number of pyridine rings is 1. The third-order valence-electron chi connectivity index (χ3n) is 5.64. The van der Waals surface area contributed by atoms with Crippen molar-refractivity contribution < 1.29 is 14.0 Å². The Morgan fingerprint density at radius 3 is 2.68 bits per heavy atom. The third-order valence-corrected chi connectivity index (χ3v) is 5.64. The van der Waals surface area contributed by atoms with Gasteiger partial charge in [-0.1, -0.05) is 0 Å². The molecule has 0 bridgehead atoms. The Kier molecular flexibility index (Phi) is 4.71. The van der Waals surface area contributed by atoms with Crippen LogP contribution in [0.2, 0.25) is 0 Å². The zero-order chi connectivity index (χ0) is 19.8. The van der Waals surface area contributed by atoms with Gasteiger partial charge in [0.1, 0.15) is 5.82 Å². The molecule has 0 saturated carbocycles. The number of aldehydes is 1. The topological polar surface area (TPSA) is 55.2 Å². The van der Waals surface area contributed by atoms with Crippen molar-refractivity contribution in [1.82, 2.24) is 14.5 Å². The van der Waals surface area contributed by atoms with Crippen molar-refractivity contribution in [1.29, 1.82) is 0 Å². The minimum Gasteiger partial charge on any atom is -0.333 e. The van der Waals surface area contributed by atoms with E-state index in [1.807, 2.05) is 18.7 Å². The number of aromatic nitrogens is 2. The van der Waals surface area contributed by atoms with E-state index in [-0.39, 0.29) is 18.0 Å². The normalized spacial score (nSPS) is 19.8. The van der Waals surface area contributed by atoms with Gasteiger partial charge in [0.15, 0.2) is 6.29 Å². The third kappa shape index (κ3) is 2.99. The van der Waals surface area contributed by atoms with Crippen LogP contribution in [0.25, 0.3) is 16.6 Å². The fraction of sp³-hybridized carbons (Fsp3) is 0.318. The minimum absolute atomic E-state index is 0.0981. The predicted molar refractivity (Wildman–Crippen MR) is 105 cm³/mol. The fourth-order valence-electron chi connectivity index (χ4n) is 4.24. The summed E-state index contributed by atoms with van der Waals surface area (Å²) in [5.41, 5.74) is 2.03. The van der Waals surface area contributed by atoms with Crippen LogP contribution in [0.4, 0.5) is 4.39 Å². The van der Waals surface area contributed by atoms with Crippen molar-refractivity contribution in [3.05, 3.63) is 59.8 Å². The van der Waals surface area contributed by atoms with Gasteiger partial charge in [0.05, 0.1) is 23.0 Å². The number of benzene rings is 1. The molecule has 0 aliphatic carbocycles. The monoisotopic (exact) mass is 379 g/mol. The van der Waals surface area contributed by atoms with Crippen LogP contribution in [-0.2, 0) is 0 Å². The van der Waals surface area contributed by atoms with E-state index in [1.54, 1.807) is 35.3 Å². The van der Waals surface area contributed by atoms with Gasteiger partial charge >= 0.3 is 0 Å². The molecule has 0 unspecified atom stereocenters. The Morgan fingerprint density at radius 2 is 1.96 bits per heavy atom. The van der Waals surface area contributed by atoms with Gasteiger partial charge < -0.3 is 9.47 Å². The molecule has 3 aromatic rings. The Hall–Kier alpha value is -3.02. The maximum Gasteiger partial charge on any atom is 0.256 e. The second-order valence-corrected chi connectivity index (χ2v) is 7.47. The van der Waals surface area contributed by atoms with Gasteiger partial charge in [-0.25, -0.2) is 4.39 Å². The molecule has 1 amide bonds. The van der Waals surface area contributed by atoms with E-state index in [0.717, 1.165) is 30.9 Å². The van der Waals surface area contributed by atoms with Gasteiger partial charge in [-0.15, -0.1) is 0 Å². The largest absolute Gasteiger partial charge is 0.333 e. The lowest BCUT2D eigenvalue weighted by Crippen LogP contribution is -2.47. The molecule has 0 spiro atoms. The first kappa shape index (κ1) is 18.3. The van der Waals surface area contributed by atoms with Crippen molar-refractivity contribution in [2.24, 2.45) is 0 Å². The van der Waals surface area contributed by atoms with Gasteiger partial charge in [0.2, 0.25) is 0 Å². The molecule has 1 fully saturated rings. The highest BCUT2D eigenvalue weighted by molar-refractivity contribution is 6.01. The Balaban J connectivity index is 1.89. The SMILES string of the molecule is C[C@@H]1CCC[C@H](C)N1C(=O)c1cc(F)ccc1-n1cc(C=O)c2ccncc21. The molecule has 28 heavy (non-hydrogen) atoms. The summed E-state index contributed by atoms with van der Waals surface area (Å²) in [7, 11) is 0. The van der Waals surface area contributed by atoms with Crippen LogP contribution >= 0.6 is 0 Å². The first-order valence-corrected chi connectivity index (χ1v) is 9.54. The number of nitrogens with zero attached hydrogens (tertiary/aromatic N) is 3. The molecule has 2 aromatic heterocycles. The number of rotatable bonds is 3. The number of halogens is 1. The van der Waals surface area contributed by atoms with Crippen LogP contribution in [0, 0.1) is 5.82 Å². The Labute approximate surface area is 162 Å². The highest BCUT2D eigenvalue weighted by Gasteiger charge is 2.31. The summed E-state index contributed by atoms with van der Waals surface area (Å²) >= 11 is 0. The van der Waals surface area contributed by atoms with Gasteiger partial charge in [0, 0.05) is 35.4 Å². The summed E-state index contributed by atoms with van der Waals surface area (Å²) in [6.45, 7) is 4.07. The number of amides is 1. The smallest absolute Gasteiger partial charge is 0.256 e. The number of likely N-dealkylation sites (tertiary alicyclic amines) is 1. The molecule has 4 rings (SSSR count). The van der Waals surface area contributed by atoms with Gasteiger partial charge in [-0.2, -0.15) is 0 Å². The lowest BCUT2D eigenvalue weighted by molar-refractivity contribution is 0.0510. The van der Waals surface area contributed by atoms with Crippen LogP contribution in [-0.4, -0.2) is 38.7 Å².